The smallest absolute Gasteiger partial charge is 0.259 e. The molecule has 23 heavy (non-hydrogen) atoms. The second kappa shape index (κ2) is 4.82. The molecule has 1 saturated carbocycles. The first kappa shape index (κ1) is 13.8. The number of nitriles is 1. The van der Waals surface area contributed by atoms with Crippen LogP contribution in [0.3, 0.4) is 0 Å². The van der Waals surface area contributed by atoms with Crippen molar-refractivity contribution < 1.29 is 4.74 Å². The quantitative estimate of drug-likeness (QED) is 0.682. The molecule has 0 spiro atoms. The molecule has 2 heterocycles. The molecule has 5 heteroatoms. The van der Waals surface area contributed by atoms with E-state index < -0.39 is 0 Å². The summed E-state index contributed by atoms with van der Waals surface area (Å²) in [6.45, 7) is 1.92. The van der Waals surface area contributed by atoms with Crippen molar-refractivity contribution in [2.45, 2.75) is 25.8 Å². The molecule has 0 aliphatic heterocycles. The third kappa shape index (κ3) is 1.92. The third-order valence-corrected chi connectivity index (χ3v) is 4.46. The van der Waals surface area contributed by atoms with Crippen molar-refractivity contribution in [2.24, 2.45) is 0 Å². The van der Waals surface area contributed by atoms with Crippen LogP contribution in [0.15, 0.2) is 29.2 Å². The average Bonchev–Trinajstić information content (AvgIpc) is 3.39. The largest absolute Gasteiger partial charge is 0.495 e. The number of fused-ring (bicyclic) bond motifs is 3. The molecule has 0 amide bonds. The Hall–Kier alpha value is -2.87. The molecule has 0 radical (unpaired) electrons. The molecule has 2 aromatic heterocycles. The summed E-state index contributed by atoms with van der Waals surface area (Å²) in [5.41, 5.74) is 2.11. The Bertz CT molecular complexity index is 1060. The molecular formula is C18H15N3O2. The number of aryl methyl sites for hydroxylation is 1. The van der Waals surface area contributed by atoms with Gasteiger partial charge in [0.15, 0.2) is 0 Å². The van der Waals surface area contributed by atoms with Gasteiger partial charge in [0.05, 0.1) is 29.3 Å². The zero-order valence-electron chi connectivity index (χ0n) is 13.0. The van der Waals surface area contributed by atoms with E-state index in [1.165, 1.54) is 7.11 Å². The van der Waals surface area contributed by atoms with Crippen LogP contribution >= 0.6 is 0 Å². The van der Waals surface area contributed by atoms with Gasteiger partial charge in [0, 0.05) is 17.6 Å². The van der Waals surface area contributed by atoms with Crippen molar-refractivity contribution >= 4 is 21.7 Å². The minimum Gasteiger partial charge on any atom is -0.495 e. The highest BCUT2D eigenvalue weighted by Crippen LogP contribution is 2.38. The highest BCUT2D eigenvalue weighted by molar-refractivity contribution is 6.07. The maximum atomic E-state index is 13.0. The summed E-state index contributed by atoms with van der Waals surface area (Å²) in [5.74, 6) is 0.435. The number of benzene rings is 1. The van der Waals surface area contributed by atoms with Gasteiger partial charge in [-0.25, -0.2) is 0 Å². The molecule has 1 aliphatic rings. The maximum Gasteiger partial charge on any atom is 0.259 e. The first-order valence-electron chi connectivity index (χ1n) is 7.57. The summed E-state index contributed by atoms with van der Waals surface area (Å²) in [5, 5.41) is 11.7. The number of hydrogen-bond acceptors (Lipinski definition) is 4. The van der Waals surface area contributed by atoms with Crippen LogP contribution in [0.1, 0.15) is 30.1 Å². The topological polar surface area (TPSA) is 67.9 Å². The van der Waals surface area contributed by atoms with Crippen LogP contribution in [0.2, 0.25) is 0 Å². The number of nitrogens with zero attached hydrogens (tertiary/aromatic N) is 3. The Kier molecular flexibility index (Phi) is 2.88. The van der Waals surface area contributed by atoms with Crippen LogP contribution in [0.4, 0.5) is 0 Å². The molecule has 0 saturated heterocycles. The summed E-state index contributed by atoms with van der Waals surface area (Å²) in [7, 11) is 1.51. The van der Waals surface area contributed by atoms with Gasteiger partial charge in [0.1, 0.15) is 11.8 Å². The van der Waals surface area contributed by atoms with Crippen molar-refractivity contribution in [3.63, 3.8) is 0 Å². The lowest BCUT2D eigenvalue weighted by molar-refractivity contribution is 0.414. The molecule has 0 atom stereocenters. The van der Waals surface area contributed by atoms with Crippen molar-refractivity contribution in [3.8, 4) is 11.8 Å². The van der Waals surface area contributed by atoms with Gasteiger partial charge in [-0.2, -0.15) is 5.26 Å². The third-order valence-electron chi connectivity index (χ3n) is 4.46. The van der Waals surface area contributed by atoms with Crippen molar-refractivity contribution in [3.05, 3.63) is 46.0 Å². The number of methoxy groups -OCH3 is 1. The van der Waals surface area contributed by atoms with E-state index >= 15 is 0 Å². The monoisotopic (exact) mass is 305 g/mol. The molecule has 3 aromatic rings. The molecule has 0 N–H and O–H groups in total. The van der Waals surface area contributed by atoms with Gasteiger partial charge in [0.2, 0.25) is 0 Å². The number of hydrogen-bond donors (Lipinski definition) is 0. The molecule has 1 aromatic carbocycles. The molecule has 4 rings (SSSR count). The van der Waals surface area contributed by atoms with E-state index in [0.29, 0.717) is 16.7 Å². The predicted octanol–water partition coefficient (Wildman–Crippen LogP) is 3.07. The Balaban J connectivity index is 2.27. The summed E-state index contributed by atoms with van der Waals surface area (Å²) >= 11 is 0. The summed E-state index contributed by atoms with van der Waals surface area (Å²) in [6.07, 6.45) is 3.78. The Morgan fingerprint density at radius 2 is 2.09 bits per heavy atom. The van der Waals surface area contributed by atoms with Gasteiger partial charge >= 0.3 is 0 Å². The standard InChI is InChI=1S/C18H15N3O2/c1-10-17-13(5-6-20-10)14-7-11(9-19)16(23-2)8-15(14)18(22)21(17)12-3-4-12/h5-8,12H,3-4H2,1-2H3. The minimum atomic E-state index is -0.0334. The molecule has 0 unspecified atom stereocenters. The van der Waals surface area contributed by atoms with Crippen LogP contribution in [-0.4, -0.2) is 16.7 Å². The highest BCUT2D eigenvalue weighted by Gasteiger charge is 2.28. The minimum absolute atomic E-state index is 0.0334. The maximum absolute atomic E-state index is 13.0. The lowest BCUT2D eigenvalue weighted by atomic mass is 10.0. The van der Waals surface area contributed by atoms with Crippen LogP contribution in [-0.2, 0) is 0 Å². The van der Waals surface area contributed by atoms with Gasteiger partial charge < -0.3 is 9.30 Å². The van der Waals surface area contributed by atoms with Crippen LogP contribution in [0.5, 0.6) is 5.75 Å². The predicted molar refractivity (Wildman–Crippen MR) is 87.8 cm³/mol. The molecule has 0 bridgehead atoms. The van der Waals surface area contributed by atoms with E-state index in [1.807, 2.05) is 17.6 Å². The average molecular weight is 305 g/mol. The molecule has 114 valence electrons. The summed E-state index contributed by atoms with van der Waals surface area (Å²) < 4.78 is 7.13. The summed E-state index contributed by atoms with van der Waals surface area (Å²) in [6, 6.07) is 7.73. The van der Waals surface area contributed by atoms with E-state index in [9.17, 15) is 10.1 Å². The second-order valence-electron chi connectivity index (χ2n) is 5.91. The fourth-order valence-electron chi connectivity index (χ4n) is 3.23. The Morgan fingerprint density at radius 3 is 2.74 bits per heavy atom. The van der Waals surface area contributed by atoms with Gasteiger partial charge in [0.25, 0.3) is 5.56 Å². The zero-order chi connectivity index (χ0) is 16.1. The van der Waals surface area contributed by atoms with Crippen molar-refractivity contribution in [2.75, 3.05) is 7.11 Å². The Labute approximate surface area is 132 Å². The van der Waals surface area contributed by atoms with E-state index in [0.717, 1.165) is 34.8 Å². The number of rotatable bonds is 2. The molecular weight excluding hydrogens is 290 g/mol. The van der Waals surface area contributed by atoms with E-state index in [2.05, 4.69) is 11.1 Å². The fourth-order valence-corrected chi connectivity index (χ4v) is 3.23. The Morgan fingerprint density at radius 1 is 1.30 bits per heavy atom. The van der Waals surface area contributed by atoms with E-state index in [1.54, 1.807) is 18.3 Å². The lowest BCUT2D eigenvalue weighted by Gasteiger charge is -2.15. The number of aromatic nitrogens is 2. The van der Waals surface area contributed by atoms with Crippen LogP contribution < -0.4 is 10.3 Å². The van der Waals surface area contributed by atoms with E-state index in [4.69, 9.17) is 4.74 Å². The van der Waals surface area contributed by atoms with Crippen molar-refractivity contribution in [1.29, 1.82) is 5.26 Å². The summed E-state index contributed by atoms with van der Waals surface area (Å²) in [4.78, 5) is 17.4. The second-order valence-corrected chi connectivity index (χ2v) is 5.91. The number of ether oxygens (including phenoxy) is 1. The van der Waals surface area contributed by atoms with E-state index in [-0.39, 0.29) is 11.6 Å². The number of pyridine rings is 2. The van der Waals surface area contributed by atoms with Gasteiger partial charge in [-0.15, -0.1) is 0 Å². The lowest BCUT2D eigenvalue weighted by Crippen LogP contribution is -2.21. The SMILES string of the molecule is COc1cc2c(=O)n(C3CC3)c3c(C)nccc3c2cc1C#N. The van der Waals surface area contributed by atoms with Gasteiger partial charge in [-0.05, 0) is 43.4 Å². The van der Waals surface area contributed by atoms with Crippen LogP contribution in [0, 0.1) is 18.3 Å². The first-order valence-corrected chi connectivity index (χ1v) is 7.57. The molecule has 1 fully saturated rings. The molecule has 1 aliphatic carbocycles. The fraction of sp³-hybridized carbons (Fsp3) is 0.278. The zero-order valence-corrected chi connectivity index (χ0v) is 13.0. The molecule has 5 nitrogen and oxygen atoms in total. The normalized spacial score (nSPS) is 14.1. The first-order chi connectivity index (χ1) is 11.2. The highest BCUT2D eigenvalue weighted by atomic mass is 16.5. The van der Waals surface area contributed by atoms with Gasteiger partial charge in [-0.3, -0.25) is 9.78 Å². The van der Waals surface area contributed by atoms with Crippen molar-refractivity contribution in [1.82, 2.24) is 9.55 Å². The van der Waals surface area contributed by atoms with Crippen LogP contribution in [0.25, 0.3) is 21.7 Å². The van der Waals surface area contributed by atoms with Gasteiger partial charge in [-0.1, -0.05) is 0 Å².